The van der Waals surface area contributed by atoms with Crippen molar-refractivity contribution in [2.45, 2.75) is 32.1 Å². The monoisotopic (exact) mass is 276 g/mol. The Hall–Kier alpha value is -1.08. The van der Waals surface area contributed by atoms with Crippen LogP contribution in [0, 0.1) is 0 Å². The third-order valence-corrected chi connectivity index (χ3v) is 4.02. The maximum Gasteiger partial charge on any atom is 0.407 e. The van der Waals surface area contributed by atoms with Crippen LogP contribution in [0.15, 0.2) is 0 Å². The number of carbonyl (C=O) groups is 2. The molecule has 1 N–H and O–H groups in total. The van der Waals surface area contributed by atoms with E-state index in [0.717, 1.165) is 11.1 Å². The van der Waals surface area contributed by atoms with Crippen molar-refractivity contribution >= 4 is 20.1 Å². The maximum atomic E-state index is 11.3. The molecule has 0 unspecified atom stereocenters. The SMILES string of the molecule is CON(C)C(=O)CCNC(=O)OCC[Si](C)(C)C. The average molecular weight is 276 g/mol. The topological polar surface area (TPSA) is 67.9 Å². The van der Waals surface area contributed by atoms with Gasteiger partial charge in [-0.05, 0) is 6.04 Å². The first-order valence-electron chi connectivity index (χ1n) is 5.97. The van der Waals surface area contributed by atoms with Gasteiger partial charge in [0.1, 0.15) is 0 Å². The minimum atomic E-state index is -1.18. The molecule has 0 bridgehead atoms. The molecule has 0 spiro atoms. The minimum Gasteiger partial charge on any atom is -0.450 e. The van der Waals surface area contributed by atoms with Crippen LogP contribution in [-0.4, -0.2) is 52.4 Å². The Morgan fingerprint density at radius 1 is 1.28 bits per heavy atom. The summed E-state index contributed by atoms with van der Waals surface area (Å²) in [6, 6.07) is 0.936. The number of hydroxylamine groups is 2. The Bertz CT molecular complexity index is 279. The van der Waals surface area contributed by atoms with Gasteiger partial charge in [-0.2, -0.15) is 0 Å². The van der Waals surface area contributed by atoms with E-state index < -0.39 is 14.2 Å². The van der Waals surface area contributed by atoms with Crippen molar-refractivity contribution in [3.63, 3.8) is 0 Å². The van der Waals surface area contributed by atoms with Gasteiger partial charge < -0.3 is 10.1 Å². The van der Waals surface area contributed by atoms with Crippen LogP contribution in [0.1, 0.15) is 6.42 Å². The number of hydrogen-bond acceptors (Lipinski definition) is 4. The van der Waals surface area contributed by atoms with Crippen molar-refractivity contribution in [1.29, 1.82) is 0 Å². The lowest BCUT2D eigenvalue weighted by molar-refractivity contribution is -0.168. The standard InChI is InChI=1S/C11H24N2O4Si/c1-13(16-2)10(14)6-7-12-11(15)17-8-9-18(3,4)5/h6-9H2,1-5H3,(H,12,15). The van der Waals surface area contributed by atoms with E-state index in [1.54, 1.807) is 0 Å². The molecular weight excluding hydrogens is 252 g/mol. The van der Waals surface area contributed by atoms with Crippen LogP contribution in [0.3, 0.4) is 0 Å². The minimum absolute atomic E-state index is 0.188. The molecule has 0 aromatic heterocycles. The fraction of sp³-hybridized carbons (Fsp3) is 0.818. The second-order valence-electron chi connectivity index (χ2n) is 5.20. The van der Waals surface area contributed by atoms with Gasteiger partial charge in [-0.15, -0.1) is 0 Å². The lowest BCUT2D eigenvalue weighted by Crippen LogP contribution is -2.32. The zero-order chi connectivity index (χ0) is 14.2. The van der Waals surface area contributed by atoms with Gasteiger partial charge in [-0.25, -0.2) is 9.86 Å². The Morgan fingerprint density at radius 2 is 1.89 bits per heavy atom. The fourth-order valence-electron chi connectivity index (χ4n) is 1.03. The Balaban J connectivity index is 3.63. The molecule has 0 saturated carbocycles. The lowest BCUT2D eigenvalue weighted by Gasteiger charge is -2.16. The number of rotatable bonds is 7. The van der Waals surface area contributed by atoms with E-state index in [1.165, 1.54) is 14.2 Å². The van der Waals surface area contributed by atoms with E-state index in [1.807, 2.05) is 0 Å². The molecule has 0 heterocycles. The summed E-state index contributed by atoms with van der Waals surface area (Å²) in [6.07, 6.45) is -0.283. The molecule has 18 heavy (non-hydrogen) atoms. The largest absolute Gasteiger partial charge is 0.450 e. The summed E-state index contributed by atoms with van der Waals surface area (Å²) in [5.41, 5.74) is 0. The van der Waals surface area contributed by atoms with Gasteiger partial charge in [0, 0.05) is 28.1 Å². The second-order valence-corrected chi connectivity index (χ2v) is 10.8. The molecule has 0 radical (unpaired) electrons. The van der Waals surface area contributed by atoms with E-state index in [4.69, 9.17) is 9.57 Å². The number of nitrogens with one attached hydrogen (secondary N) is 1. The molecule has 7 heteroatoms. The molecule has 0 aliphatic rings. The van der Waals surface area contributed by atoms with E-state index in [-0.39, 0.29) is 18.9 Å². The van der Waals surface area contributed by atoms with Gasteiger partial charge in [0.15, 0.2) is 0 Å². The number of ether oxygens (including phenoxy) is 1. The smallest absolute Gasteiger partial charge is 0.407 e. The predicted octanol–water partition coefficient (Wildman–Crippen LogP) is 1.46. The van der Waals surface area contributed by atoms with Crippen molar-refractivity contribution in [1.82, 2.24) is 10.4 Å². The summed E-state index contributed by atoms with van der Waals surface area (Å²) in [7, 11) is 1.76. The van der Waals surface area contributed by atoms with Gasteiger partial charge in [0.2, 0.25) is 5.91 Å². The molecule has 0 aromatic rings. The van der Waals surface area contributed by atoms with Gasteiger partial charge in [-0.1, -0.05) is 19.6 Å². The van der Waals surface area contributed by atoms with Crippen molar-refractivity contribution in [3.05, 3.63) is 0 Å². The first-order chi connectivity index (χ1) is 8.26. The summed E-state index contributed by atoms with van der Waals surface area (Å²) < 4.78 is 5.02. The molecule has 2 amide bonds. The first kappa shape index (κ1) is 16.9. The van der Waals surface area contributed by atoms with Crippen molar-refractivity contribution in [3.8, 4) is 0 Å². The fourth-order valence-corrected chi connectivity index (χ4v) is 1.75. The average Bonchev–Trinajstić information content (AvgIpc) is 2.26. The van der Waals surface area contributed by atoms with Crippen LogP contribution < -0.4 is 5.32 Å². The lowest BCUT2D eigenvalue weighted by atomic mass is 10.4. The highest BCUT2D eigenvalue weighted by Crippen LogP contribution is 2.07. The van der Waals surface area contributed by atoms with Gasteiger partial charge in [0.25, 0.3) is 0 Å². The zero-order valence-electron chi connectivity index (χ0n) is 11.9. The molecule has 6 nitrogen and oxygen atoms in total. The number of amides is 2. The normalized spacial score (nSPS) is 10.9. The van der Waals surface area contributed by atoms with Crippen LogP contribution in [0.25, 0.3) is 0 Å². The van der Waals surface area contributed by atoms with E-state index >= 15 is 0 Å². The van der Waals surface area contributed by atoms with E-state index in [2.05, 4.69) is 25.0 Å². The zero-order valence-corrected chi connectivity index (χ0v) is 12.9. The molecule has 0 rings (SSSR count). The van der Waals surface area contributed by atoms with Gasteiger partial charge >= 0.3 is 6.09 Å². The Labute approximate surface area is 110 Å². The molecule has 0 fully saturated rings. The third-order valence-electron chi connectivity index (χ3n) is 2.32. The highest BCUT2D eigenvalue weighted by Gasteiger charge is 2.14. The quantitative estimate of drug-likeness (QED) is 0.564. The Morgan fingerprint density at radius 3 is 2.39 bits per heavy atom. The van der Waals surface area contributed by atoms with Crippen molar-refractivity contribution < 1.29 is 19.2 Å². The predicted molar refractivity (Wildman–Crippen MR) is 71.9 cm³/mol. The van der Waals surface area contributed by atoms with Crippen LogP contribution in [-0.2, 0) is 14.4 Å². The van der Waals surface area contributed by atoms with E-state index in [0.29, 0.717) is 6.61 Å². The maximum absolute atomic E-state index is 11.3. The number of alkyl carbamates (subject to hydrolysis) is 1. The summed E-state index contributed by atoms with van der Waals surface area (Å²) >= 11 is 0. The number of carbonyl (C=O) groups excluding carboxylic acids is 2. The van der Waals surface area contributed by atoms with Gasteiger partial charge in [0.05, 0.1) is 13.7 Å². The molecule has 106 valence electrons. The highest BCUT2D eigenvalue weighted by molar-refractivity contribution is 6.76. The van der Waals surface area contributed by atoms with Gasteiger partial charge in [-0.3, -0.25) is 9.63 Å². The highest BCUT2D eigenvalue weighted by atomic mass is 28.3. The second kappa shape index (κ2) is 8.10. The number of hydrogen-bond donors (Lipinski definition) is 1. The summed E-state index contributed by atoms with van der Waals surface area (Å²) in [4.78, 5) is 27.3. The molecule has 0 aliphatic heterocycles. The van der Waals surface area contributed by atoms with Crippen molar-refractivity contribution in [2.24, 2.45) is 0 Å². The van der Waals surface area contributed by atoms with Crippen LogP contribution in [0.2, 0.25) is 25.7 Å². The Kier molecular flexibility index (Phi) is 7.61. The van der Waals surface area contributed by atoms with Crippen molar-refractivity contribution in [2.75, 3.05) is 27.3 Å². The molecule has 0 atom stereocenters. The van der Waals surface area contributed by atoms with Crippen LogP contribution >= 0.6 is 0 Å². The molecule has 0 saturated heterocycles. The summed E-state index contributed by atoms with van der Waals surface area (Å²) in [5, 5.41) is 3.65. The molecular formula is C11H24N2O4Si. The summed E-state index contributed by atoms with van der Waals surface area (Å²) in [5.74, 6) is -0.195. The number of nitrogens with zero attached hydrogens (tertiary/aromatic N) is 1. The first-order valence-corrected chi connectivity index (χ1v) is 9.68. The molecule has 0 aromatic carbocycles. The van der Waals surface area contributed by atoms with Crippen LogP contribution in [0.4, 0.5) is 4.79 Å². The van der Waals surface area contributed by atoms with E-state index in [9.17, 15) is 9.59 Å². The third kappa shape index (κ3) is 9.00. The molecule has 0 aliphatic carbocycles. The summed E-state index contributed by atoms with van der Waals surface area (Å²) in [6.45, 7) is 7.33. The van der Waals surface area contributed by atoms with Crippen LogP contribution in [0.5, 0.6) is 0 Å².